The van der Waals surface area contributed by atoms with Gasteiger partial charge in [-0.2, -0.15) is 0 Å². The van der Waals surface area contributed by atoms with E-state index in [1.54, 1.807) is 20.8 Å². The quantitative estimate of drug-likeness (QED) is 0.309. The van der Waals surface area contributed by atoms with Crippen LogP contribution in [0.4, 0.5) is 0 Å². The summed E-state index contributed by atoms with van der Waals surface area (Å²) in [6.07, 6.45) is 2.21. The molecule has 0 fully saturated rings. The average Bonchev–Trinajstić information content (AvgIpc) is 2.59. The lowest BCUT2D eigenvalue weighted by atomic mass is 10.2. The van der Waals surface area contributed by atoms with E-state index >= 15 is 0 Å². The summed E-state index contributed by atoms with van der Waals surface area (Å²) < 4.78 is 4.96. The Morgan fingerprint density at radius 1 is 1.10 bits per heavy atom. The van der Waals surface area contributed by atoms with E-state index in [0.29, 0.717) is 42.7 Å². The second kappa shape index (κ2) is 7.03. The molecule has 1 rings (SSSR count). The number of esters is 1. The summed E-state index contributed by atoms with van der Waals surface area (Å²) in [5.74, 6) is -0.771. The smallest absolute Gasteiger partial charge is 0.333 e. The van der Waals surface area contributed by atoms with E-state index in [2.05, 4.69) is 6.58 Å². The van der Waals surface area contributed by atoms with Gasteiger partial charge in [-0.1, -0.05) is 6.58 Å². The molecular weight excluding hydrogens is 258 g/mol. The Kier molecular flexibility index (Phi) is 5.67. The van der Waals surface area contributed by atoms with Crippen molar-refractivity contribution in [3.05, 3.63) is 23.3 Å². The molecule has 5 heteroatoms. The standard InChI is InChI=1S/C15H21NO4/c1-10(2)15(19)20-9-7-5-6-8-16-13(17)11(3)12(4)14(16)18/h1,5-9H2,2-4H3. The zero-order valence-electron chi connectivity index (χ0n) is 12.3. The van der Waals surface area contributed by atoms with E-state index in [0.717, 1.165) is 6.42 Å². The van der Waals surface area contributed by atoms with Crippen LogP contribution in [-0.2, 0) is 19.1 Å². The Hall–Kier alpha value is -1.91. The van der Waals surface area contributed by atoms with Crippen LogP contribution in [0, 0.1) is 0 Å². The molecule has 2 amide bonds. The highest BCUT2D eigenvalue weighted by atomic mass is 16.5. The summed E-state index contributed by atoms with van der Waals surface area (Å²) in [7, 11) is 0. The molecule has 0 unspecified atom stereocenters. The van der Waals surface area contributed by atoms with E-state index in [1.807, 2.05) is 0 Å². The molecule has 0 radical (unpaired) electrons. The first-order valence-electron chi connectivity index (χ1n) is 6.72. The number of rotatable bonds is 7. The number of amides is 2. The fraction of sp³-hybridized carbons (Fsp3) is 0.533. The molecule has 0 aromatic carbocycles. The first-order valence-corrected chi connectivity index (χ1v) is 6.72. The van der Waals surface area contributed by atoms with Gasteiger partial charge >= 0.3 is 5.97 Å². The number of hydrogen-bond acceptors (Lipinski definition) is 4. The van der Waals surface area contributed by atoms with Crippen LogP contribution in [0.15, 0.2) is 23.3 Å². The summed E-state index contributed by atoms with van der Waals surface area (Å²) >= 11 is 0. The number of carbonyl (C=O) groups excluding carboxylic acids is 3. The average molecular weight is 279 g/mol. The van der Waals surface area contributed by atoms with Crippen molar-refractivity contribution in [1.29, 1.82) is 0 Å². The molecule has 0 saturated heterocycles. The van der Waals surface area contributed by atoms with Gasteiger partial charge in [-0.25, -0.2) is 4.79 Å². The second-order valence-electron chi connectivity index (χ2n) is 4.99. The third-order valence-corrected chi connectivity index (χ3v) is 3.30. The van der Waals surface area contributed by atoms with Gasteiger partial charge in [0.2, 0.25) is 0 Å². The molecule has 1 heterocycles. The van der Waals surface area contributed by atoms with Crippen LogP contribution in [-0.4, -0.2) is 35.8 Å². The topological polar surface area (TPSA) is 63.7 Å². The van der Waals surface area contributed by atoms with Gasteiger partial charge in [0.15, 0.2) is 0 Å². The van der Waals surface area contributed by atoms with Crippen molar-refractivity contribution in [1.82, 2.24) is 4.90 Å². The number of ether oxygens (including phenoxy) is 1. The number of nitrogens with zero attached hydrogens (tertiary/aromatic N) is 1. The van der Waals surface area contributed by atoms with Crippen molar-refractivity contribution in [3.8, 4) is 0 Å². The summed E-state index contributed by atoms with van der Waals surface area (Å²) in [6.45, 7) is 9.20. The number of carbonyl (C=O) groups is 3. The highest BCUT2D eigenvalue weighted by Gasteiger charge is 2.32. The van der Waals surface area contributed by atoms with Crippen molar-refractivity contribution in [2.75, 3.05) is 13.2 Å². The van der Waals surface area contributed by atoms with E-state index in [-0.39, 0.29) is 17.8 Å². The third kappa shape index (κ3) is 3.79. The van der Waals surface area contributed by atoms with Gasteiger partial charge < -0.3 is 4.74 Å². The summed E-state index contributed by atoms with van der Waals surface area (Å²) in [5.41, 5.74) is 1.45. The summed E-state index contributed by atoms with van der Waals surface area (Å²) in [4.78, 5) is 36.0. The molecule has 0 aromatic heterocycles. The van der Waals surface area contributed by atoms with Crippen LogP contribution in [0.25, 0.3) is 0 Å². The SMILES string of the molecule is C=C(C)C(=O)OCCCCCN1C(=O)C(C)=C(C)C1=O. The van der Waals surface area contributed by atoms with Crippen LogP contribution < -0.4 is 0 Å². The minimum absolute atomic E-state index is 0.193. The largest absolute Gasteiger partial charge is 0.462 e. The van der Waals surface area contributed by atoms with E-state index < -0.39 is 0 Å². The van der Waals surface area contributed by atoms with Crippen molar-refractivity contribution in [2.45, 2.75) is 40.0 Å². The molecule has 0 spiro atoms. The highest BCUT2D eigenvalue weighted by molar-refractivity contribution is 6.18. The van der Waals surface area contributed by atoms with Crippen molar-refractivity contribution < 1.29 is 19.1 Å². The van der Waals surface area contributed by atoms with Crippen LogP contribution in [0.3, 0.4) is 0 Å². The fourth-order valence-electron chi connectivity index (χ4n) is 1.86. The summed E-state index contributed by atoms with van der Waals surface area (Å²) in [6, 6.07) is 0. The summed E-state index contributed by atoms with van der Waals surface area (Å²) in [5, 5.41) is 0. The third-order valence-electron chi connectivity index (χ3n) is 3.30. The zero-order valence-corrected chi connectivity index (χ0v) is 12.3. The molecule has 5 nitrogen and oxygen atoms in total. The predicted molar refractivity (Wildman–Crippen MR) is 74.7 cm³/mol. The monoisotopic (exact) mass is 279 g/mol. The van der Waals surface area contributed by atoms with E-state index in [1.165, 1.54) is 4.90 Å². The Balaban J connectivity index is 2.20. The molecule has 1 aliphatic heterocycles. The lowest BCUT2D eigenvalue weighted by molar-refractivity contribution is -0.139. The predicted octanol–water partition coefficient (Wildman–Crippen LogP) is 1.98. The van der Waals surface area contributed by atoms with E-state index in [9.17, 15) is 14.4 Å². The molecule has 0 N–H and O–H groups in total. The van der Waals surface area contributed by atoms with Crippen LogP contribution in [0.2, 0.25) is 0 Å². The maximum absolute atomic E-state index is 11.8. The van der Waals surface area contributed by atoms with Gasteiger partial charge in [-0.05, 0) is 40.0 Å². The Morgan fingerprint density at radius 3 is 2.15 bits per heavy atom. The molecule has 20 heavy (non-hydrogen) atoms. The lowest BCUT2D eigenvalue weighted by Crippen LogP contribution is -2.32. The van der Waals surface area contributed by atoms with Crippen molar-refractivity contribution >= 4 is 17.8 Å². The first kappa shape index (κ1) is 16.1. The lowest BCUT2D eigenvalue weighted by Gasteiger charge is -2.14. The maximum Gasteiger partial charge on any atom is 0.333 e. The molecule has 0 saturated carbocycles. The zero-order chi connectivity index (χ0) is 15.3. The van der Waals surface area contributed by atoms with E-state index in [4.69, 9.17) is 4.74 Å². The van der Waals surface area contributed by atoms with Crippen LogP contribution in [0.1, 0.15) is 40.0 Å². The van der Waals surface area contributed by atoms with Gasteiger partial charge in [-0.15, -0.1) is 0 Å². The Morgan fingerprint density at radius 2 is 1.65 bits per heavy atom. The fourth-order valence-corrected chi connectivity index (χ4v) is 1.86. The minimum atomic E-state index is -0.384. The molecule has 0 aromatic rings. The van der Waals surface area contributed by atoms with Crippen LogP contribution >= 0.6 is 0 Å². The number of imide groups is 1. The first-order chi connectivity index (χ1) is 9.36. The van der Waals surface area contributed by atoms with Gasteiger partial charge in [0.05, 0.1) is 6.61 Å². The van der Waals surface area contributed by atoms with Crippen molar-refractivity contribution in [3.63, 3.8) is 0 Å². The second-order valence-corrected chi connectivity index (χ2v) is 4.99. The van der Waals surface area contributed by atoms with Gasteiger partial charge in [-0.3, -0.25) is 14.5 Å². The normalized spacial score (nSPS) is 15.1. The molecule has 0 atom stereocenters. The molecule has 110 valence electrons. The molecular formula is C15H21NO4. The molecule has 0 bridgehead atoms. The molecule has 1 aliphatic rings. The Labute approximate surface area is 119 Å². The maximum atomic E-state index is 11.8. The van der Waals surface area contributed by atoms with Gasteiger partial charge in [0.25, 0.3) is 11.8 Å². The number of hydrogen-bond donors (Lipinski definition) is 0. The minimum Gasteiger partial charge on any atom is -0.462 e. The molecule has 0 aliphatic carbocycles. The number of unbranched alkanes of at least 4 members (excludes halogenated alkanes) is 2. The van der Waals surface area contributed by atoms with Crippen molar-refractivity contribution in [2.24, 2.45) is 0 Å². The highest BCUT2D eigenvalue weighted by Crippen LogP contribution is 2.20. The van der Waals surface area contributed by atoms with Crippen LogP contribution in [0.5, 0.6) is 0 Å². The Bertz CT molecular complexity index is 452. The van der Waals surface area contributed by atoms with Gasteiger partial charge in [0.1, 0.15) is 0 Å². The van der Waals surface area contributed by atoms with Gasteiger partial charge in [0, 0.05) is 23.3 Å².